The summed E-state index contributed by atoms with van der Waals surface area (Å²) in [6.07, 6.45) is -0.611. The molecule has 0 aliphatic heterocycles. The van der Waals surface area contributed by atoms with Crippen LogP contribution >= 0.6 is 0 Å². The van der Waals surface area contributed by atoms with E-state index >= 15 is 0 Å². The van der Waals surface area contributed by atoms with Gasteiger partial charge in [0.05, 0.1) is 23.2 Å². The van der Waals surface area contributed by atoms with E-state index in [2.05, 4.69) is 10.3 Å². The summed E-state index contributed by atoms with van der Waals surface area (Å²) in [4.78, 5) is 22.0. The Morgan fingerprint density at radius 2 is 1.97 bits per heavy atom. The smallest absolute Gasteiger partial charge is 0.254 e. The van der Waals surface area contributed by atoms with Gasteiger partial charge in [-0.15, -0.1) is 0 Å². The number of benzene rings is 1. The number of rotatable bonds is 9. The van der Waals surface area contributed by atoms with Crippen molar-refractivity contribution in [1.29, 1.82) is 0 Å². The number of nitrogens with one attached hydrogen (secondary N) is 1. The summed E-state index contributed by atoms with van der Waals surface area (Å²) < 4.78 is 13.0. The number of aromatic nitrogens is 3. The first kappa shape index (κ1) is 22.1. The van der Waals surface area contributed by atoms with Crippen LogP contribution in [0.25, 0.3) is 21.9 Å². The largest absolute Gasteiger partial charge is 0.389 e. The summed E-state index contributed by atoms with van der Waals surface area (Å²) >= 11 is 0. The number of aliphatic hydroxyl groups is 1. The summed E-state index contributed by atoms with van der Waals surface area (Å²) in [5.41, 5.74) is 1.12. The number of hydrogen-bond acceptors (Lipinski definition) is 6. The second-order valence-corrected chi connectivity index (χ2v) is 7.83. The summed E-state index contributed by atoms with van der Waals surface area (Å²) in [5, 5.41) is 14.3. The number of anilines is 1. The zero-order valence-corrected chi connectivity index (χ0v) is 18.2. The molecule has 0 aliphatic rings. The van der Waals surface area contributed by atoms with Crippen LogP contribution in [-0.2, 0) is 27.4 Å². The molecule has 1 amide bonds. The number of pyridine rings is 1. The molecule has 30 heavy (non-hydrogen) atoms. The molecule has 2 heterocycles. The highest BCUT2D eigenvalue weighted by Crippen LogP contribution is 2.31. The van der Waals surface area contributed by atoms with Crippen LogP contribution in [0.5, 0.6) is 0 Å². The number of para-hydroxylation sites is 1. The van der Waals surface area contributed by atoms with Crippen LogP contribution in [0, 0.1) is 0 Å². The van der Waals surface area contributed by atoms with Crippen molar-refractivity contribution < 1.29 is 19.4 Å². The van der Waals surface area contributed by atoms with Gasteiger partial charge in [-0.1, -0.05) is 18.2 Å². The molecule has 2 N–H and O–H groups in total. The van der Waals surface area contributed by atoms with E-state index in [1.807, 2.05) is 42.7 Å². The van der Waals surface area contributed by atoms with Gasteiger partial charge < -0.3 is 24.5 Å². The zero-order chi connectivity index (χ0) is 21.9. The molecule has 8 nitrogen and oxygen atoms in total. The van der Waals surface area contributed by atoms with E-state index in [1.54, 1.807) is 20.8 Å². The van der Waals surface area contributed by atoms with E-state index in [4.69, 9.17) is 14.5 Å². The van der Waals surface area contributed by atoms with Crippen molar-refractivity contribution in [3.8, 4) is 0 Å². The van der Waals surface area contributed by atoms with E-state index in [9.17, 15) is 9.90 Å². The van der Waals surface area contributed by atoms with Gasteiger partial charge in [0, 0.05) is 18.6 Å². The van der Waals surface area contributed by atoms with E-state index < -0.39 is 11.7 Å². The van der Waals surface area contributed by atoms with Gasteiger partial charge in [0.15, 0.2) is 5.82 Å². The molecule has 3 aromatic rings. The highest BCUT2D eigenvalue weighted by Gasteiger charge is 2.24. The van der Waals surface area contributed by atoms with Gasteiger partial charge in [0.1, 0.15) is 24.1 Å². The van der Waals surface area contributed by atoms with Gasteiger partial charge in [-0.05, 0) is 40.7 Å². The van der Waals surface area contributed by atoms with Crippen molar-refractivity contribution >= 4 is 33.7 Å². The fourth-order valence-corrected chi connectivity index (χ4v) is 3.37. The average Bonchev–Trinajstić information content (AvgIpc) is 3.03. The minimum atomic E-state index is -0.966. The lowest BCUT2D eigenvalue weighted by Gasteiger charge is -2.21. The van der Waals surface area contributed by atoms with Crippen LogP contribution in [0.1, 0.15) is 40.4 Å². The highest BCUT2D eigenvalue weighted by molar-refractivity contribution is 6.10. The number of fused-ring (bicyclic) bond motifs is 3. The molecule has 0 fully saturated rings. The maximum atomic E-state index is 12.6. The Morgan fingerprint density at radius 3 is 2.63 bits per heavy atom. The quantitative estimate of drug-likeness (QED) is 0.558. The third-order valence-electron chi connectivity index (χ3n) is 4.67. The molecule has 1 atom stereocenters. The molecule has 3 rings (SSSR count). The molecule has 0 radical (unpaired) electrons. The molecular formula is C22H30N4O4. The van der Waals surface area contributed by atoms with Gasteiger partial charge in [-0.25, -0.2) is 9.97 Å². The van der Waals surface area contributed by atoms with Crippen molar-refractivity contribution in [2.45, 2.75) is 59.5 Å². The van der Waals surface area contributed by atoms with Crippen LogP contribution in [-0.4, -0.2) is 50.5 Å². The van der Waals surface area contributed by atoms with Crippen LogP contribution < -0.4 is 5.32 Å². The predicted molar refractivity (Wildman–Crippen MR) is 116 cm³/mol. The van der Waals surface area contributed by atoms with Crippen molar-refractivity contribution in [2.75, 3.05) is 18.5 Å². The van der Waals surface area contributed by atoms with Crippen molar-refractivity contribution in [1.82, 2.24) is 14.5 Å². The number of ether oxygens (including phenoxy) is 2. The molecular weight excluding hydrogens is 384 g/mol. The maximum Gasteiger partial charge on any atom is 0.254 e. The summed E-state index contributed by atoms with van der Waals surface area (Å²) in [6, 6.07) is 7.68. The minimum Gasteiger partial charge on any atom is -0.389 e. The standard InChI is InChI=1S/C22H30N4O4/c1-6-29-12-17-24-18-19(26(17)13-22(4,5)28)15-10-8-9-11-16(15)23-20(18)25-21(27)14(3)30-7-2/h8-11,14,28H,6-7,12-13H2,1-5H3,(H,23,25,27). The molecule has 1 aromatic carbocycles. The molecule has 162 valence electrons. The Labute approximate surface area is 176 Å². The lowest BCUT2D eigenvalue weighted by Crippen LogP contribution is -2.28. The predicted octanol–water partition coefficient (Wildman–Crippen LogP) is 3.26. The Bertz CT molecular complexity index is 1040. The number of carbonyl (C=O) groups is 1. The van der Waals surface area contributed by atoms with Crippen LogP contribution in [0.4, 0.5) is 5.82 Å². The van der Waals surface area contributed by atoms with E-state index in [0.717, 1.165) is 16.4 Å². The monoisotopic (exact) mass is 414 g/mol. The second-order valence-electron chi connectivity index (χ2n) is 7.83. The Hall–Kier alpha value is -2.55. The molecule has 0 saturated heterocycles. The number of hydrogen-bond donors (Lipinski definition) is 2. The van der Waals surface area contributed by atoms with E-state index in [-0.39, 0.29) is 5.91 Å². The van der Waals surface area contributed by atoms with Gasteiger partial charge in [0.2, 0.25) is 0 Å². The first-order chi connectivity index (χ1) is 14.2. The molecule has 1 unspecified atom stereocenters. The fourth-order valence-electron chi connectivity index (χ4n) is 3.37. The molecule has 0 saturated carbocycles. The lowest BCUT2D eigenvalue weighted by atomic mass is 10.1. The van der Waals surface area contributed by atoms with Gasteiger partial charge in [-0.2, -0.15) is 0 Å². The number of carbonyl (C=O) groups excluding carboxylic acids is 1. The highest BCUT2D eigenvalue weighted by atomic mass is 16.5. The Balaban J connectivity index is 2.22. The summed E-state index contributed by atoms with van der Waals surface area (Å²) in [6.45, 7) is 10.5. The van der Waals surface area contributed by atoms with Gasteiger partial charge in [-0.3, -0.25) is 4.79 Å². The molecule has 8 heteroatoms. The number of imidazole rings is 1. The topological polar surface area (TPSA) is 98.5 Å². The first-order valence-corrected chi connectivity index (χ1v) is 10.3. The van der Waals surface area contributed by atoms with Gasteiger partial charge >= 0.3 is 0 Å². The van der Waals surface area contributed by atoms with Crippen molar-refractivity contribution in [2.24, 2.45) is 0 Å². The lowest BCUT2D eigenvalue weighted by molar-refractivity contribution is -0.126. The van der Waals surface area contributed by atoms with Crippen LogP contribution in [0.15, 0.2) is 24.3 Å². The molecule has 0 spiro atoms. The number of nitrogens with zero attached hydrogens (tertiary/aromatic N) is 3. The summed E-state index contributed by atoms with van der Waals surface area (Å²) in [7, 11) is 0. The van der Waals surface area contributed by atoms with Crippen molar-refractivity contribution in [3.05, 3.63) is 30.1 Å². The normalized spacial score (nSPS) is 13.1. The average molecular weight is 415 g/mol. The van der Waals surface area contributed by atoms with Gasteiger partial charge in [0.25, 0.3) is 5.91 Å². The Kier molecular flexibility index (Phi) is 6.70. The molecule has 0 aliphatic carbocycles. The third kappa shape index (κ3) is 4.77. The maximum absolute atomic E-state index is 12.6. The van der Waals surface area contributed by atoms with E-state index in [0.29, 0.717) is 43.5 Å². The van der Waals surface area contributed by atoms with E-state index in [1.165, 1.54) is 0 Å². The van der Waals surface area contributed by atoms with Crippen LogP contribution in [0.2, 0.25) is 0 Å². The SMILES string of the molecule is CCOCc1nc2c(NC(=O)C(C)OCC)nc3ccccc3c2n1CC(C)(C)O. The first-order valence-electron chi connectivity index (χ1n) is 10.3. The third-order valence-corrected chi connectivity index (χ3v) is 4.67. The molecule has 2 aromatic heterocycles. The second kappa shape index (κ2) is 9.07. The molecule has 0 bridgehead atoms. The minimum absolute atomic E-state index is 0.288. The number of amides is 1. The van der Waals surface area contributed by atoms with Crippen LogP contribution in [0.3, 0.4) is 0 Å². The Morgan fingerprint density at radius 1 is 1.23 bits per heavy atom. The fraction of sp³-hybridized carbons (Fsp3) is 0.500. The van der Waals surface area contributed by atoms with Crippen molar-refractivity contribution in [3.63, 3.8) is 0 Å². The summed E-state index contributed by atoms with van der Waals surface area (Å²) in [5.74, 6) is 0.748. The zero-order valence-electron chi connectivity index (χ0n) is 18.2.